The number of rotatable bonds is 8. The molecule has 3 aromatic rings. The van der Waals surface area contributed by atoms with E-state index < -0.39 is 0 Å². The molecular formula is C25H29NO3. The first-order valence-corrected chi connectivity index (χ1v) is 10.3. The van der Waals surface area contributed by atoms with Gasteiger partial charge in [-0.15, -0.1) is 0 Å². The molecule has 1 fully saturated rings. The van der Waals surface area contributed by atoms with Gasteiger partial charge in [0.2, 0.25) is 0 Å². The number of hydrogen-bond donors (Lipinski definition) is 0. The van der Waals surface area contributed by atoms with Crippen LogP contribution in [-0.4, -0.2) is 38.0 Å². The minimum absolute atomic E-state index is 0.170. The van der Waals surface area contributed by atoms with Crippen molar-refractivity contribution in [3.63, 3.8) is 0 Å². The topological polar surface area (TPSA) is 30.9 Å². The summed E-state index contributed by atoms with van der Waals surface area (Å²) in [5.41, 5.74) is 2.40. The molecule has 0 spiro atoms. The van der Waals surface area contributed by atoms with Crippen LogP contribution in [-0.2, 0) is 27.5 Å². The van der Waals surface area contributed by atoms with Crippen molar-refractivity contribution in [3.05, 3.63) is 83.9 Å². The number of hydroxylamine groups is 2. The van der Waals surface area contributed by atoms with Crippen LogP contribution in [0.15, 0.2) is 72.8 Å². The van der Waals surface area contributed by atoms with Gasteiger partial charge in [-0.25, -0.2) is 0 Å². The van der Waals surface area contributed by atoms with E-state index in [1.54, 1.807) is 7.11 Å². The van der Waals surface area contributed by atoms with Crippen molar-refractivity contribution in [2.75, 3.05) is 26.8 Å². The quantitative estimate of drug-likeness (QED) is 0.551. The minimum atomic E-state index is 0.170. The Morgan fingerprint density at radius 3 is 2.48 bits per heavy atom. The Morgan fingerprint density at radius 2 is 1.66 bits per heavy atom. The predicted octanol–water partition coefficient (Wildman–Crippen LogP) is 4.83. The van der Waals surface area contributed by atoms with E-state index >= 15 is 0 Å². The summed E-state index contributed by atoms with van der Waals surface area (Å²) in [5.74, 6) is 0.285. The van der Waals surface area contributed by atoms with Gasteiger partial charge in [-0.05, 0) is 34.4 Å². The van der Waals surface area contributed by atoms with Crippen LogP contribution < -0.4 is 0 Å². The smallest absolute Gasteiger partial charge is 0.0721 e. The minimum Gasteiger partial charge on any atom is -0.376 e. The Morgan fingerprint density at radius 1 is 0.862 bits per heavy atom. The summed E-state index contributed by atoms with van der Waals surface area (Å²) in [5, 5.41) is 4.52. The van der Waals surface area contributed by atoms with Crippen molar-refractivity contribution in [2.24, 2.45) is 5.92 Å². The van der Waals surface area contributed by atoms with Crippen molar-refractivity contribution >= 4 is 10.8 Å². The van der Waals surface area contributed by atoms with Gasteiger partial charge in [0.25, 0.3) is 0 Å². The second-order valence-corrected chi connectivity index (χ2v) is 7.65. The monoisotopic (exact) mass is 391 g/mol. The molecule has 152 valence electrons. The van der Waals surface area contributed by atoms with Crippen molar-refractivity contribution in [3.8, 4) is 0 Å². The summed E-state index contributed by atoms with van der Waals surface area (Å²) in [6.07, 6.45) is 1.12. The third-order valence-corrected chi connectivity index (χ3v) is 5.61. The molecule has 0 amide bonds. The molecule has 1 heterocycles. The predicted molar refractivity (Wildman–Crippen MR) is 115 cm³/mol. The van der Waals surface area contributed by atoms with E-state index in [2.05, 4.69) is 54.6 Å². The summed E-state index contributed by atoms with van der Waals surface area (Å²) < 4.78 is 12.4. The van der Waals surface area contributed by atoms with Crippen LogP contribution in [0.5, 0.6) is 0 Å². The highest BCUT2D eigenvalue weighted by atomic mass is 16.7. The molecule has 0 saturated carbocycles. The van der Waals surface area contributed by atoms with Gasteiger partial charge in [-0.3, -0.25) is 0 Å². The van der Waals surface area contributed by atoms with E-state index in [1.165, 1.54) is 21.9 Å². The van der Waals surface area contributed by atoms with E-state index in [1.807, 2.05) is 23.3 Å². The number of fused-ring (bicyclic) bond motifs is 1. The van der Waals surface area contributed by atoms with Crippen molar-refractivity contribution in [1.82, 2.24) is 5.06 Å². The molecule has 4 rings (SSSR count). The first-order valence-electron chi connectivity index (χ1n) is 10.3. The van der Waals surface area contributed by atoms with Gasteiger partial charge < -0.3 is 14.3 Å². The Labute approximate surface area is 173 Å². The highest BCUT2D eigenvalue weighted by Gasteiger charge is 2.30. The molecule has 0 unspecified atom stereocenters. The summed E-state index contributed by atoms with van der Waals surface area (Å²) >= 11 is 0. The number of ether oxygens (including phenoxy) is 2. The number of hydrogen-bond acceptors (Lipinski definition) is 4. The lowest BCUT2D eigenvalue weighted by molar-refractivity contribution is -0.187. The second-order valence-electron chi connectivity index (χ2n) is 7.65. The Bertz CT molecular complexity index is 899. The van der Waals surface area contributed by atoms with Gasteiger partial charge in [0, 0.05) is 19.0 Å². The third kappa shape index (κ3) is 5.43. The second kappa shape index (κ2) is 9.99. The third-order valence-electron chi connectivity index (χ3n) is 5.61. The lowest BCUT2D eigenvalue weighted by Crippen LogP contribution is -2.45. The molecule has 4 heteroatoms. The van der Waals surface area contributed by atoms with E-state index in [-0.39, 0.29) is 12.0 Å². The van der Waals surface area contributed by atoms with Crippen molar-refractivity contribution in [1.29, 1.82) is 0 Å². The van der Waals surface area contributed by atoms with E-state index in [9.17, 15) is 0 Å². The SMILES string of the molecule is CON1CC[C@H](OCc2ccc3ccccc3c2)[C@@H](COCc2ccccc2)C1. The molecule has 0 N–H and O–H groups in total. The number of nitrogens with zero attached hydrogens (tertiary/aromatic N) is 1. The molecule has 0 radical (unpaired) electrons. The van der Waals surface area contributed by atoms with Gasteiger partial charge in [-0.2, -0.15) is 5.06 Å². The molecule has 4 nitrogen and oxygen atoms in total. The normalized spacial score (nSPS) is 20.2. The molecular weight excluding hydrogens is 362 g/mol. The largest absolute Gasteiger partial charge is 0.376 e. The summed E-state index contributed by atoms with van der Waals surface area (Å²) in [6.45, 7) is 3.62. The average molecular weight is 392 g/mol. The summed E-state index contributed by atoms with van der Waals surface area (Å²) in [7, 11) is 1.73. The maximum atomic E-state index is 6.36. The lowest BCUT2D eigenvalue weighted by atomic mass is 9.96. The molecule has 0 bridgehead atoms. The lowest BCUT2D eigenvalue weighted by Gasteiger charge is -2.37. The van der Waals surface area contributed by atoms with Crippen molar-refractivity contribution < 1.29 is 14.3 Å². The maximum absolute atomic E-state index is 6.36. The number of benzene rings is 3. The Kier molecular flexibility index (Phi) is 6.91. The molecule has 2 atom stereocenters. The highest BCUT2D eigenvalue weighted by molar-refractivity contribution is 5.82. The fourth-order valence-electron chi connectivity index (χ4n) is 3.96. The fraction of sp³-hybridized carbons (Fsp3) is 0.360. The van der Waals surface area contributed by atoms with Gasteiger partial charge in [-0.1, -0.05) is 66.7 Å². The average Bonchev–Trinajstić information content (AvgIpc) is 2.78. The van der Waals surface area contributed by atoms with Crippen LogP contribution >= 0.6 is 0 Å². The molecule has 1 aliphatic heterocycles. The van der Waals surface area contributed by atoms with Crippen LogP contribution in [0.1, 0.15) is 17.5 Å². The van der Waals surface area contributed by atoms with Crippen LogP contribution in [0.2, 0.25) is 0 Å². The van der Waals surface area contributed by atoms with Gasteiger partial charge in [0.1, 0.15) is 0 Å². The molecule has 29 heavy (non-hydrogen) atoms. The van der Waals surface area contributed by atoms with E-state index in [0.717, 1.165) is 19.5 Å². The Balaban J connectivity index is 1.35. The van der Waals surface area contributed by atoms with Gasteiger partial charge >= 0.3 is 0 Å². The van der Waals surface area contributed by atoms with Crippen LogP contribution in [0, 0.1) is 5.92 Å². The Hall–Kier alpha value is -2.24. The zero-order valence-electron chi connectivity index (χ0n) is 17.0. The highest BCUT2D eigenvalue weighted by Crippen LogP contribution is 2.24. The van der Waals surface area contributed by atoms with Crippen LogP contribution in [0.4, 0.5) is 0 Å². The zero-order valence-corrected chi connectivity index (χ0v) is 17.0. The first-order chi connectivity index (χ1) is 14.3. The van der Waals surface area contributed by atoms with E-state index in [4.69, 9.17) is 14.3 Å². The van der Waals surface area contributed by atoms with Crippen LogP contribution in [0.25, 0.3) is 10.8 Å². The first kappa shape index (κ1) is 20.0. The summed E-state index contributed by atoms with van der Waals surface area (Å²) in [4.78, 5) is 5.47. The van der Waals surface area contributed by atoms with Crippen molar-refractivity contribution in [2.45, 2.75) is 25.7 Å². The zero-order chi connectivity index (χ0) is 19.9. The number of piperidine rings is 1. The van der Waals surface area contributed by atoms with Gasteiger partial charge in [0.15, 0.2) is 0 Å². The van der Waals surface area contributed by atoms with E-state index in [0.29, 0.717) is 19.8 Å². The van der Waals surface area contributed by atoms with Crippen LogP contribution in [0.3, 0.4) is 0 Å². The summed E-state index contributed by atoms with van der Waals surface area (Å²) in [6, 6.07) is 25.3. The van der Waals surface area contributed by atoms with Gasteiger partial charge in [0.05, 0.1) is 33.0 Å². The molecule has 3 aromatic carbocycles. The molecule has 1 aliphatic rings. The molecule has 0 aromatic heterocycles. The molecule has 0 aliphatic carbocycles. The maximum Gasteiger partial charge on any atom is 0.0721 e. The standard InChI is InChI=1S/C25H29NO3/c1-27-26-14-13-25(24(16-26)19-28-17-20-7-3-2-4-8-20)29-18-21-11-12-22-9-5-6-10-23(22)15-21/h2-12,15,24-25H,13-14,16-19H2,1H3/t24-,25+/m1/s1. The fourth-order valence-corrected chi connectivity index (χ4v) is 3.96. The molecule has 1 saturated heterocycles.